The van der Waals surface area contributed by atoms with E-state index in [9.17, 15) is 0 Å². The molecule has 0 amide bonds. The van der Waals surface area contributed by atoms with Crippen LogP contribution in [0.25, 0.3) is 0 Å². The third-order valence-corrected chi connectivity index (χ3v) is 6.44. The largest absolute Gasteiger partial charge is 0.346 e. The summed E-state index contributed by atoms with van der Waals surface area (Å²) in [6.07, 6.45) is 6.32. The van der Waals surface area contributed by atoms with E-state index in [4.69, 9.17) is 0 Å². The Labute approximate surface area is 256 Å². The first-order valence-corrected chi connectivity index (χ1v) is 15.3. The van der Waals surface area contributed by atoms with E-state index < -0.39 is 0 Å². The lowest BCUT2D eigenvalue weighted by Gasteiger charge is -2.06. The van der Waals surface area contributed by atoms with Crippen LogP contribution >= 0.6 is 0 Å². The summed E-state index contributed by atoms with van der Waals surface area (Å²) in [5.74, 6) is 2.13. The zero-order valence-electron chi connectivity index (χ0n) is 27.7. The highest BCUT2D eigenvalue weighted by molar-refractivity contribution is 5.75. The summed E-state index contributed by atoms with van der Waals surface area (Å²) in [5.41, 5.74) is 4.35. The van der Waals surface area contributed by atoms with Gasteiger partial charge in [0.25, 0.3) is 0 Å². The van der Waals surface area contributed by atoms with Gasteiger partial charge in [0.1, 0.15) is 0 Å². The summed E-state index contributed by atoms with van der Waals surface area (Å²) in [5, 5.41) is 0. The molecule has 1 heteroatoms. The van der Waals surface area contributed by atoms with Crippen LogP contribution in [0, 0.1) is 6.92 Å². The van der Waals surface area contributed by atoms with Crippen molar-refractivity contribution in [2.24, 2.45) is 0 Å². The lowest BCUT2D eigenvalue weighted by atomic mass is 9.99. The average molecular weight is 547 g/mol. The van der Waals surface area contributed by atoms with Crippen LogP contribution in [-0.4, -0.2) is 8.41 Å². The van der Waals surface area contributed by atoms with Crippen LogP contribution in [0.5, 0.6) is 0 Å². The summed E-state index contributed by atoms with van der Waals surface area (Å²) >= 11 is 0. The first kappa shape index (κ1) is 47.5. The fraction of sp³-hybridized carbons (Fsp3) is 0.513. The first-order chi connectivity index (χ1) is 18.4. The second kappa shape index (κ2) is 36.7. The molecule has 0 saturated carbocycles. The van der Waals surface area contributed by atoms with Gasteiger partial charge in [-0.1, -0.05) is 181 Å². The molecule has 0 aromatic heterocycles. The first-order valence-electron chi connectivity index (χ1n) is 15.3. The van der Waals surface area contributed by atoms with E-state index in [1.165, 1.54) is 48.8 Å². The Morgan fingerprint density at radius 2 is 0.625 bits per heavy atom. The molecule has 3 aromatic rings. The number of hydrogen-bond donors (Lipinski definition) is 0. The second-order valence-electron chi connectivity index (χ2n) is 9.16. The monoisotopic (exact) mass is 547 g/mol. The van der Waals surface area contributed by atoms with Crippen molar-refractivity contribution in [3.05, 3.63) is 115 Å². The molecule has 0 fully saturated rings. The predicted octanol–water partition coefficient (Wildman–Crippen LogP) is 13.5. The number of benzene rings is 3. The molecule has 0 spiro atoms. The van der Waals surface area contributed by atoms with Crippen LogP contribution in [0.4, 0.5) is 0 Å². The van der Waals surface area contributed by atoms with E-state index in [2.05, 4.69) is 153 Å². The van der Waals surface area contributed by atoms with E-state index in [1.54, 1.807) is 6.92 Å². The lowest BCUT2D eigenvalue weighted by Crippen LogP contribution is -1.88. The zero-order valence-corrected chi connectivity index (χ0v) is 27.7. The quantitative estimate of drug-likeness (QED) is 0.204. The molecule has 3 unspecified atom stereocenters. The van der Waals surface area contributed by atoms with Crippen LogP contribution in [0.3, 0.4) is 0 Å². The maximum atomic E-state index is 3.25. The number of rotatable bonds is 7. The smallest absolute Gasteiger partial charge is 0 e. The van der Waals surface area contributed by atoms with Gasteiger partial charge in [-0.15, -0.1) is 0 Å². The number of hydrogen-bond acceptors (Lipinski definition) is 0. The minimum Gasteiger partial charge on any atom is -0.346 e. The van der Waals surface area contributed by atoms with Gasteiger partial charge in [-0.3, -0.25) is 0 Å². The van der Waals surface area contributed by atoms with E-state index >= 15 is 0 Å². The van der Waals surface area contributed by atoms with Crippen LogP contribution in [-0.2, 0) is 0 Å². The molecule has 227 valence electrons. The van der Waals surface area contributed by atoms with Crippen molar-refractivity contribution in [1.29, 1.82) is 0 Å². The van der Waals surface area contributed by atoms with E-state index in [1.807, 2.05) is 13.8 Å². The van der Waals surface area contributed by atoms with Crippen molar-refractivity contribution >= 4 is 8.41 Å². The van der Waals surface area contributed by atoms with Gasteiger partial charge in [0.15, 0.2) is 0 Å². The Kier molecular flexibility index (Phi) is 43.6. The van der Waals surface area contributed by atoms with Crippen molar-refractivity contribution in [1.82, 2.24) is 0 Å². The van der Waals surface area contributed by atoms with Gasteiger partial charge >= 0.3 is 0 Å². The SMILES string of the molecule is C.CC.CCC(C)c1ccccc1.CCC(C)c1ccccc1.CCC(C)c1ccccc1.CCCC.[B].[CH2-]C. The molecule has 0 N–H and O–H groups in total. The summed E-state index contributed by atoms with van der Waals surface area (Å²) in [6.45, 7) is 26.8. The summed E-state index contributed by atoms with van der Waals surface area (Å²) in [6, 6.07) is 31.9. The molecule has 3 radical (unpaired) electrons. The molecule has 0 heterocycles. The van der Waals surface area contributed by atoms with Gasteiger partial charge in [0.05, 0.1) is 0 Å². The minimum atomic E-state index is 0. The van der Waals surface area contributed by atoms with Crippen LogP contribution in [0.1, 0.15) is 150 Å². The maximum Gasteiger partial charge on any atom is 0 e. The predicted molar refractivity (Wildman–Crippen MR) is 191 cm³/mol. The topological polar surface area (TPSA) is 0 Å². The Hall–Kier alpha value is -2.28. The fourth-order valence-electron chi connectivity index (χ4n) is 3.05. The Balaban J connectivity index is -0.000000133. The fourth-order valence-corrected chi connectivity index (χ4v) is 3.05. The molecule has 0 saturated heterocycles. The van der Waals surface area contributed by atoms with Gasteiger partial charge in [-0.05, 0) is 53.7 Å². The summed E-state index contributed by atoms with van der Waals surface area (Å²) in [7, 11) is 0. The third-order valence-electron chi connectivity index (χ3n) is 6.44. The minimum absolute atomic E-state index is 0. The average Bonchev–Trinajstić information content (AvgIpc) is 3.03. The molecule has 3 atom stereocenters. The summed E-state index contributed by atoms with van der Waals surface area (Å²) in [4.78, 5) is 0. The van der Waals surface area contributed by atoms with Crippen molar-refractivity contribution in [3.63, 3.8) is 0 Å². The zero-order chi connectivity index (χ0) is 29.6. The highest BCUT2D eigenvalue weighted by Crippen LogP contribution is 2.18. The maximum absolute atomic E-state index is 3.25. The van der Waals surface area contributed by atoms with Gasteiger partial charge < -0.3 is 6.92 Å². The van der Waals surface area contributed by atoms with Crippen molar-refractivity contribution < 1.29 is 0 Å². The van der Waals surface area contributed by atoms with Gasteiger partial charge in [-0.2, -0.15) is 6.92 Å². The van der Waals surface area contributed by atoms with Gasteiger partial charge in [0, 0.05) is 8.41 Å². The molecule has 0 bridgehead atoms. The lowest BCUT2D eigenvalue weighted by molar-refractivity contribution is 0.733. The normalized spacial score (nSPS) is 10.8. The van der Waals surface area contributed by atoms with Crippen LogP contribution in [0.2, 0.25) is 0 Å². The standard InChI is InChI=1S/3C10H14.C4H10.C2H6.C2H5.CH4.B/c3*1-3-9(2)10-7-5-4-6-8-10;1-3-4-2;2*1-2;;/h3*4-9H,3H2,1-2H3;3-4H2,1-2H3;1-2H3;1H2,2H3;1H4;/q;;;;;-1;;. The molecule has 3 rings (SSSR count). The summed E-state index contributed by atoms with van der Waals surface area (Å²) < 4.78 is 0. The highest BCUT2D eigenvalue weighted by atomic mass is 14.1. The molecule has 0 aliphatic heterocycles. The molecule has 0 nitrogen and oxygen atoms in total. The van der Waals surface area contributed by atoms with E-state index in [-0.39, 0.29) is 15.8 Å². The van der Waals surface area contributed by atoms with Crippen LogP contribution < -0.4 is 0 Å². The third kappa shape index (κ3) is 26.0. The van der Waals surface area contributed by atoms with Gasteiger partial charge in [-0.25, -0.2) is 0 Å². The highest BCUT2D eigenvalue weighted by Gasteiger charge is 2.00. The second-order valence-corrected chi connectivity index (χ2v) is 9.16. The Bertz CT molecular complexity index is 673. The van der Waals surface area contributed by atoms with E-state index in [0.717, 1.165) is 0 Å². The molecular formula is C39H67B-. The van der Waals surface area contributed by atoms with Crippen molar-refractivity contribution in [3.8, 4) is 0 Å². The Morgan fingerprint density at radius 3 is 0.750 bits per heavy atom. The molecular weight excluding hydrogens is 479 g/mol. The van der Waals surface area contributed by atoms with Crippen LogP contribution in [0.15, 0.2) is 91.0 Å². The molecule has 40 heavy (non-hydrogen) atoms. The van der Waals surface area contributed by atoms with Crippen molar-refractivity contribution in [2.45, 2.75) is 133 Å². The van der Waals surface area contributed by atoms with E-state index in [0.29, 0.717) is 17.8 Å². The number of unbranched alkanes of at least 4 members (excludes halogenated alkanes) is 1. The Morgan fingerprint density at radius 1 is 0.450 bits per heavy atom. The molecule has 3 aromatic carbocycles. The molecule has 0 aliphatic carbocycles. The molecule has 0 aliphatic rings. The van der Waals surface area contributed by atoms with Gasteiger partial charge in [0.2, 0.25) is 0 Å². The van der Waals surface area contributed by atoms with Crippen molar-refractivity contribution in [2.75, 3.05) is 0 Å².